The van der Waals surface area contributed by atoms with E-state index in [4.69, 9.17) is 4.74 Å². The number of carbonyl (C=O) groups excluding carboxylic acids is 2. The van der Waals surface area contributed by atoms with Crippen LogP contribution in [-0.2, 0) is 19.6 Å². The highest BCUT2D eigenvalue weighted by molar-refractivity contribution is 7.89. The maximum atomic E-state index is 12.4. The Kier molecular flexibility index (Phi) is 6.95. The number of esters is 1. The molecule has 1 fully saturated rings. The molecule has 25 heavy (non-hydrogen) atoms. The minimum Gasteiger partial charge on any atom is -0.452 e. The number of rotatable bonds is 8. The number of ether oxygens (including phenoxy) is 1. The van der Waals surface area contributed by atoms with Crippen LogP contribution in [0.1, 0.15) is 43.0 Å². The van der Waals surface area contributed by atoms with Crippen molar-refractivity contribution in [2.24, 2.45) is 0 Å². The number of nitrogens with one attached hydrogen (secondary N) is 1. The Morgan fingerprint density at radius 1 is 1.16 bits per heavy atom. The maximum absolute atomic E-state index is 12.4. The van der Waals surface area contributed by atoms with E-state index < -0.39 is 16.0 Å². The van der Waals surface area contributed by atoms with Crippen LogP contribution in [0.15, 0.2) is 29.2 Å². The highest BCUT2D eigenvalue weighted by Crippen LogP contribution is 2.21. The number of benzene rings is 1. The van der Waals surface area contributed by atoms with Gasteiger partial charge in [0.2, 0.25) is 10.0 Å². The Morgan fingerprint density at radius 3 is 2.40 bits per heavy atom. The van der Waals surface area contributed by atoms with Crippen molar-refractivity contribution < 1.29 is 22.7 Å². The Bertz CT molecular complexity index is 694. The molecule has 0 saturated carbocycles. The van der Waals surface area contributed by atoms with Crippen LogP contribution in [0.25, 0.3) is 0 Å². The summed E-state index contributed by atoms with van der Waals surface area (Å²) < 4.78 is 31.2. The summed E-state index contributed by atoms with van der Waals surface area (Å²) in [4.78, 5) is 23.6. The molecule has 0 spiro atoms. The van der Waals surface area contributed by atoms with Crippen LogP contribution in [0, 0.1) is 0 Å². The van der Waals surface area contributed by atoms with E-state index >= 15 is 0 Å². The lowest BCUT2D eigenvalue weighted by Gasteiger charge is -2.15. The second-order valence-electron chi connectivity index (χ2n) is 5.92. The van der Waals surface area contributed by atoms with Gasteiger partial charge in [-0.1, -0.05) is 13.3 Å². The highest BCUT2D eigenvalue weighted by Gasteiger charge is 2.27. The lowest BCUT2D eigenvalue weighted by Crippen LogP contribution is -2.29. The van der Waals surface area contributed by atoms with Gasteiger partial charge < -0.3 is 10.1 Å². The number of hydrogen-bond donors (Lipinski definition) is 1. The molecular weight excluding hydrogens is 344 g/mol. The second-order valence-corrected chi connectivity index (χ2v) is 7.85. The molecule has 0 unspecified atom stereocenters. The molecule has 2 rings (SSSR count). The number of carbonyl (C=O) groups is 2. The highest BCUT2D eigenvalue weighted by atomic mass is 32.2. The lowest BCUT2D eigenvalue weighted by molar-refractivity contribution is -0.124. The van der Waals surface area contributed by atoms with Gasteiger partial charge in [-0.05, 0) is 43.5 Å². The van der Waals surface area contributed by atoms with Crippen LogP contribution in [0.2, 0.25) is 0 Å². The predicted molar refractivity (Wildman–Crippen MR) is 92.6 cm³/mol. The summed E-state index contributed by atoms with van der Waals surface area (Å²) in [7, 11) is -3.50. The van der Waals surface area contributed by atoms with Gasteiger partial charge >= 0.3 is 5.97 Å². The third-order valence-corrected chi connectivity index (χ3v) is 5.89. The maximum Gasteiger partial charge on any atom is 0.338 e. The molecule has 1 aliphatic rings. The van der Waals surface area contributed by atoms with Gasteiger partial charge in [0.1, 0.15) is 0 Å². The van der Waals surface area contributed by atoms with E-state index in [9.17, 15) is 18.0 Å². The zero-order valence-corrected chi connectivity index (χ0v) is 15.2. The van der Waals surface area contributed by atoms with E-state index in [1.165, 1.54) is 28.6 Å². The van der Waals surface area contributed by atoms with Crippen LogP contribution in [0.3, 0.4) is 0 Å². The van der Waals surface area contributed by atoms with E-state index in [1.807, 2.05) is 6.92 Å². The first-order valence-corrected chi connectivity index (χ1v) is 9.93. The average molecular weight is 368 g/mol. The standard InChI is InChI=1S/C17H24N2O5S/c1-2-3-10-18-16(20)13-24-17(21)14-6-8-15(9-7-14)25(22,23)19-11-4-5-12-19/h6-9H,2-5,10-13H2,1H3,(H,18,20). The van der Waals surface area contributed by atoms with Gasteiger partial charge in [-0.25, -0.2) is 13.2 Å². The largest absolute Gasteiger partial charge is 0.452 e. The molecule has 0 aliphatic carbocycles. The number of sulfonamides is 1. The normalized spacial score (nSPS) is 15.1. The van der Waals surface area contributed by atoms with E-state index in [0.717, 1.165) is 25.7 Å². The van der Waals surface area contributed by atoms with Gasteiger partial charge in [0, 0.05) is 19.6 Å². The third-order valence-electron chi connectivity index (χ3n) is 3.98. The molecule has 1 aromatic rings. The van der Waals surface area contributed by atoms with E-state index in [2.05, 4.69) is 5.32 Å². The van der Waals surface area contributed by atoms with E-state index in [0.29, 0.717) is 19.6 Å². The van der Waals surface area contributed by atoms with Gasteiger partial charge in [0.25, 0.3) is 5.91 Å². The fraction of sp³-hybridized carbons (Fsp3) is 0.529. The van der Waals surface area contributed by atoms with Crippen molar-refractivity contribution in [3.8, 4) is 0 Å². The Morgan fingerprint density at radius 2 is 1.80 bits per heavy atom. The SMILES string of the molecule is CCCCNC(=O)COC(=O)c1ccc(S(=O)(=O)N2CCCC2)cc1. The van der Waals surface area contributed by atoms with Gasteiger partial charge in [0.15, 0.2) is 6.61 Å². The summed E-state index contributed by atoms with van der Waals surface area (Å²) in [5, 5.41) is 2.65. The third kappa shape index (κ3) is 5.27. The first kappa shape index (κ1) is 19.4. The fourth-order valence-electron chi connectivity index (χ4n) is 2.51. The van der Waals surface area contributed by atoms with Gasteiger partial charge in [0.05, 0.1) is 10.5 Å². The van der Waals surface area contributed by atoms with Gasteiger partial charge in [-0.15, -0.1) is 0 Å². The van der Waals surface area contributed by atoms with Crippen molar-refractivity contribution >= 4 is 21.9 Å². The zero-order valence-electron chi connectivity index (χ0n) is 14.4. The molecule has 1 heterocycles. The summed E-state index contributed by atoms with van der Waals surface area (Å²) in [5.74, 6) is -1.01. The van der Waals surface area contributed by atoms with Crippen LogP contribution >= 0.6 is 0 Å². The minimum absolute atomic E-state index is 0.156. The molecule has 1 saturated heterocycles. The number of nitrogens with zero attached hydrogens (tertiary/aromatic N) is 1. The zero-order chi connectivity index (χ0) is 18.3. The molecule has 138 valence electrons. The Labute approximate surface area is 148 Å². The fourth-order valence-corrected chi connectivity index (χ4v) is 4.03. The van der Waals surface area contributed by atoms with Crippen molar-refractivity contribution in [1.82, 2.24) is 9.62 Å². The topological polar surface area (TPSA) is 92.8 Å². The summed E-state index contributed by atoms with van der Waals surface area (Å²) in [6.07, 6.45) is 3.56. The van der Waals surface area contributed by atoms with Crippen LogP contribution in [0.4, 0.5) is 0 Å². The first-order chi connectivity index (χ1) is 11.9. The Balaban J connectivity index is 1.90. The summed E-state index contributed by atoms with van der Waals surface area (Å²) >= 11 is 0. The number of unbranched alkanes of at least 4 members (excludes halogenated alkanes) is 1. The van der Waals surface area contributed by atoms with Crippen molar-refractivity contribution in [2.75, 3.05) is 26.2 Å². The lowest BCUT2D eigenvalue weighted by atomic mass is 10.2. The molecule has 1 aliphatic heterocycles. The van der Waals surface area contributed by atoms with Gasteiger partial charge in [-0.3, -0.25) is 4.79 Å². The van der Waals surface area contributed by atoms with E-state index in [1.54, 1.807) is 0 Å². The molecular formula is C17H24N2O5S. The molecule has 0 atom stereocenters. The monoisotopic (exact) mass is 368 g/mol. The minimum atomic E-state index is -3.50. The first-order valence-electron chi connectivity index (χ1n) is 8.49. The quantitative estimate of drug-likeness (QED) is 0.555. The number of hydrogen-bond acceptors (Lipinski definition) is 5. The molecule has 1 aromatic carbocycles. The summed E-state index contributed by atoms with van der Waals surface area (Å²) in [6.45, 7) is 3.27. The molecule has 1 amide bonds. The smallest absolute Gasteiger partial charge is 0.338 e. The predicted octanol–water partition coefficient (Wildman–Crippen LogP) is 1.54. The van der Waals surface area contributed by atoms with Crippen molar-refractivity contribution in [1.29, 1.82) is 0 Å². The van der Waals surface area contributed by atoms with Crippen molar-refractivity contribution in [2.45, 2.75) is 37.5 Å². The molecule has 0 radical (unpaired) electrons. The summed E-state index contributed by atoms with van der Waals surface area (Å²) in [5.41, 5.74) is 0.210. The van der Waals surface area contributed by atoms with Gasteiger partial charge in [-0.2, -0.15) is 4.31 Å². The second kappa shape index (κ2) is 8.96. The van der Waals surface area contributed by atoms with Crippen LogP contribution in [0.5, 0.6) is 0 Å². The molecule has 0 bridgehead atoms. The van der Waals surface area contributed by atoms with Crippen molar-refractivity contribution in [3.05, 3.63) is 29.8 Å². The number of amides is 1. The average Bonchev–Trinajstić information content (AvgIpc) is 3.15. The van der Waals surface area contributed by atoms with Crippen molar-refractivity contribution in [3.63, 3.8) is 0 Å². The van der Waals surface area contributed by atoms with E-state index in [-0.39, 0.29) is 23.0 Å². The Hall–Kier alpha value is -1.93. The summed E-state index contributed by atoms with van der Waals surface area (Å²) in [6, 6.07) is 5.59. The molecule has 0 aromatic heterocycles. The molecule has 8 heteroatoms. The molecule has 7 nitrogen and oxygen atoms in total. The molecule has 1 N–H and O–H groups in total. The van der Waals surface area contributed by atoms with Crippen LogP contribution < -0.4 is 5.32 Å². The van der Waals surface area contributed by atoms with Crippen LogP contribution in [-0.4, -0.2) is 50.8 Å².